The molecule has 24 heavy (non-hydrogen) atoms. The molecule has 0 unspecified atom stereocenters. The van der Waals surface area contributed by atoms with Gasteiger partial charge in [0.05, 0.1) is 0 Å². The van der Waals surface area contributed by atoms with Crippen molar-refractivity contribution in [3.63, 3.8) is 0 Å². The maximum Gasteiger partial charge on any atom is 0.347 e. The number of carbonyl (C=O) groups is 1. The van der Waals surface area contributed by atoms with Gasteiger partial charge in [0.2, 0.25) is 0 Å². The number of ether oxygens (including phenoxy) is 1. The van der Waals surface area contributed by atoms with E-state index in [-0.39, 0.29) is 11.3 Å². The lowest BCUT2D eigenvalue weighted by atomic mass is 10.2. The SMILES string of the molecule is NC1=CC(C(=O)Oc2ccc(-c3cc(=S)ss3)cc2)=C(O)C=CC1. The summed E-state index contributed by atoms with van der Waals surface area (Å²) in [5, 5.41) is 9.89. The van der Waals surface area contributed by atoms with Crippen LogP contribution in [-0.4, -0.2) is 11.1 Å². The van der Waals surface area contributed by atoms with Gasteiger partial charge in [-0.05, 0) is 48.0 Å². The number of carbonyl (C=O) groups excluding carboxylic acids is 1. The van der Waals surface area contributed by atoms with Crippen molar-refractivity contribution in [2.24, 2.45) is 5.73 Å². The van der Waals surface area contributed by atoms with Gasteiger partial charge in [-0.25, -0.2) is 4.79 Å². The fourth-order valence-electron chi connectivity index (χ4n) is 2.10. The maximum atomic E-state index is 12.3. The highest BCUT2D eigenvalue weighted by molar-refractivity contribution is 7.80. The van der Waals surface area contributed by atoms with Crippen LogP contribution in [0.4, 0.5) is 0 Å². The van der Waals surface area contributed by atoms with E-state index in [1.54, 1.807) is 38.9 Å². The van der Waals surface area contributed by atoms with E-state index >= 15 is 0 Å². The molecule has 0 saturated heterocycles. The van der Waals surface area contributed by atoms with Crippen molar-refractivity contribution in [3.05, 3.63) is 69.4 Å². The Balaban J connectivity index is 1.79. The summed E-state index contributed by atoms with van der Waals surface area (Å²) in [5.74, 6) is -0.417. The minimum atomic E-state index is -0.652. The fraction of sp³-hybridized carbons (Fsp3) is 0.0588. The number of hydrogen-bond donors (Lipinski definition) is 2. The zero-order chi connectivity index (χ0) is 17.1. The zero-order valence-electron chi connectivity index (χ0n) is 12.4. The van der Waals surface area contributed by atoms with Gasteiger partial charge in [0.15, 0.2) is 0 Å². The first-order chi connectivity index (χ1) is 11.5. The van der Waals surface area contributed by atoms with Crippen molar-refractivity contribution in [1.29, 1.82) is 0 Å². The zero-order valence-corrected chi connectivity index (χ0v) is 14.8. The molecule has 4 nitrogen and oxygen atoms in total. The number of allylic oxidation sites excluding steroid dienone is 2. The van der Waals surface area contributed by atoms with Crippen LogP contribution in [0, 0.1) is 3.82 Å². The molecule has 0 fully saturated rings. The summed E-state index contributed by atoms with van der Waals surface area (Å²) in [5.41, 5.74) is 7.29. The smallest absolute Gasteiger partial charge is 0.347 e. The van der Waals surface area contributed by atoms with Crippen molar-refractivity contribution in [1.82, 2.24) is 0 Å². The molecule has 3 N–H and O–H groups in total. The molecule has 0 saturated carbocycles. The standard InChI is InChI=1S/C17H13NO3S3/c18-11-2-1-3-14(19)13(8-11)17(20)21-12-6-4-10(5-7-12)15-9-16(22)24-23-15/h1,3-9,19H,2,18H2. The number of nitrogens with two attached hydrogens (primary N) is 1. The fourth-order valence-corrected chi connectivity index (χ4v) is 4.50. The van der Waals surface area contributed by atoms with E-state index in [1.165, 1.54) is 12.2 Å². The molecular weight excluding hydrogens is 362 g/mol. The van der Waals surface area contributed by atoms with E-state index in [4.69, 9.17) is 22.7 Å². The first-order valence-electron chi connectivity index (χ1n) is 7.01. The molecular formula is C17H13NO3S3. The largest absolute Gasteiger partial charge is 0.507 e. The molecule has 1 aliphatic rings. The molecule has 0 spiro atoms. The number of rotatable bonds is 3. The molecule has 7 heteroatoms. The molecule has 0 amide bonds. The van der Waals surface area contributed by atoms with Crippen LogP contribution in [-0.2, 0) is 4.79 Å². The van der Waals surface area contributed by atoms with Crippen molar-refractivity contribution in [2.75, 3.05) is 0 Å². The molecule has 1 aromatic carbocycles. The Labute approximate surface area is 151 Å². The topological polar surface area (TPSA) is 72.6 Å². The van der Waals surface area contributed by atoms with Crippen molar-refractivity contribution in [2.45, 2.75) is 6.42 Å². The second kappa shape index (κ2) is 7.12. The summed E-state index contributed by atoms with van der Waals surface area (Å²) < 4.78 is 6.16. The van der Waals surface area contributed by atoms with Gasteiger partial charge in [0, 0.05) is 17.0 Å². The predicted molar refractivity (Wildman–Crippen MR) is 99.8 cm³/mol. The van der Waals surface area contributed by atoms with Crippen LogP contribution in [0.2, 0.25) is 0 Å². The normalized spacial score (nSPS) is 14.2. The molecule has 1 heterocycles. The third-order valence-electron chi connectivity index (χ3n) is 3.27. The molecule has 0 radical (unpaired) electrons. The summed E-state index contributed by atoms with van der Waals surface area (Å²) in [6.07, 6.45) is 5.04. The molecule has 122 valence electrons. The second-order valence-corrected chi connectivity index (χ2v) is 7.94. The van der Waals surface area contributed by atoms with Crippen LogP contribution in [0.25, 0.3) is 10.4 Å². The summed E-state index contributed by atoms with van der Waals surface area (Å²) in [7, 11) is 3.16. The molecule has 1 aliphatic carbocycles. The molecule has 0 aliphatic heterocycles. The highest BCUT2D eigenvalue weighted by atomic mass is 32.9. The van der Waals surface area contributed by atoms with E-state index in [2.05, 4.69) is 0 Å². The van der Waals surface area contributed by atoms with E-state index in [0.717, 1.165) is 14.3 Å². The number of aliphatic hydroxyl groups is 1. The van der Waals surface area contributed by atoms with Crippen LogP contribution >= 0.6 is 32.9 Å². The third kappa shape index (κ3) is 3.81. The van der Waals surface area contributed by atoms with Crippen molar-refractivity contribution >= 4 is 38.9 Å². The minimum Gasteiger partial charge on any atom is -0.507 e. The van der Waals surface area contributed by atoms with Crippen LogP contribution < -0.4 is 10.5 Å². The second-order valence-electron chi connectivity index (χ2n) is 5.03. The summed E-state index contributed by atoms with van der Waals surface area (Å²) in [6, 6.07) is 9.08. The van der Waals surface area contributed by atoms with Crippen molar-refractivity contribution < 1.29 is 14.6 Å². The number of benzene rings is 1. The Bertz CT molecular complexity index is 917. The first kappa shape index (κ1) is 16.6. The van der Waals surface area contributed by atoms with Gasteiger partial charge in [-0.1, -0.05) is 39.0 Å². The summed E-state index contributed by atoms with van der Waals surface area (Å²) >= 11 is 5.13. The highest BCUT2D eigenvalue weighted by Crippen LogP contribution is 2.30. The lowest BCUT2D eigenvalue weighted by Gasteiger charge is -2.07. The Hall–Kier alpha value is -2.22. The van der Waals surface area contributed by atoms with E-state index < -0.39 is 5.97 Å². The van der Waals surface area contributed by atoms with Gasteiger partial charge in [-0.15, -0.1) is 0 Å². The predicted octanol–water partition coefficient (Wildman–Crippen LogP) is 4.73. The minimum absolute atomic E-state index is 0.0427. The van der Waals surface area contributed by atoms with Gasteiger partial charge in [0.25, 0.3) is 0 Å². The van der Waals surface area contributed by atoms with Gasteiger partial charge >= 0.3 is 5.97 Å². The van der Waals surface area contributed by atoms with E-state index in [1.807, 2.05) is 18.2 Å². The average molecular weight is 375 g/mol. The molecule has 3 rings (SSSR count). The van der Waals surface area contributed by atoms with Gasteiger partial charge < -0.3 is 15.6 Å². The van der Waals surface area contributed by atoms with Crippen LogP contribution in [0.5, 0.6) is 5.75 Å². The van der Waals surface area contributed by atoms with Gasteiger partial charge in [0.1, 0.15) is 20.9 Å². The molecule has 1 aromatic heterocycles. The quantitative estimate of drug-likeness (QED) is 0.351. The lowest BCUT2D eigenvalue weighted by molar-refractivity contribution is -0.129. The van der Waals surface area contributed by atoms with Crippen LogP contribution in [0.1, 0.15) is 6.42 Å². The Morgan fingerprint density at radius 1 is 1.25 bits per heavy atom. The van der Waals surface area contributed by atoms with Crippen LogP contribution in [0.15, 0.2) is 65.6 Å². The monoisotopic (exact) mass is 375 g/mol. The summed E-state index contributed by atoms with van der Waals surface area (Å²) in [4.78, 5) is 13.3. The Kier molecular flexibility index (Phi) is 4.94. The Morgan fingerprint density at radius 2 is 2.00 bits per heavy atom. The van der Waals surface area contributed by atoms with Crippen LogP contribution in [0.3, 0.4) is 0 Å². The van der Waals surface area contributed by atoms with Gasteiger partial charge in [-0.3, -0.25) is 0 Å². The summed E-state index contributed by atoms with van der Waals surface area (Å²) in [6.45, 7) is 0. The Morgan fingerprint density at radius 3 is 2.67 bits per heavy atom. The van der Waals surface area contributed by atoms with E-state index in [9.17, 15) is 9.90 Å². The molecule has 0 atom stereocenters. The number of esters is 1. The number of hydrogen-bond acceptors (Lipinski definition) is 7. The third-order valence-corrected chi connectivity index (χ3v) is 6.18. The molecule has 0 bridgehead atoms. The first-order valence-corrected chi connectivity index (χ1v) is 9.57. The number of aliphatic hydroxyl groups excluding tert-OH is 1. The van der Waals surface area contributed by atoms with Gasteiger partial charge in [-0.2, -0.15) is 0 Å². The molecule has 2 aromatic rings. The maximum absolute atomic E-state index is 12.3. The van der Waals surface area contributed by atoms with E-state index in [0.29, 0.717) is 17.9 Å². The average Bonchev–Trinajstić information content (AvgIpc) is 2.91. The van der Waals surface area contributed by atoms with Crippen molar-refractivity contribution in [3.8, 4) is 16.2 Å². The lowest BCUT2D eigenvalue weighted by Crippen LogP contribution is -2.12. The highest BCUT2D eigenvalue weighted by Gasteiger charge is 2.16.